The van der Waals surface area contributed by atoms with E-state index in [4.69, 9.17) is 11.6 Å². The number of anilines is 1. The molecule has 0 radical (unpaired) electrons. The summed E-state index contributed by atoms with van der Waals surface area (Å²) in [6.45, 7) is 1.32. The zero-order valence-electron chi connectivity index (χ0n) is 10.7. The molecule has 0 fully saturated rings. The zero-order valence-corrected chi connectivity index (χ0v) is 11.4. The third-order valence-electron chi connectivity index (χ3n) is 2.82. The van der Waals surface area contributed by atoms with E-state index < -0.39 is 11.7 Å². The number of amides is 1. The Bertz CT molecular complexity index is 662. The summed E-state index contributed by atoms with van der Waals surface area (Å²) in [6.07, 6.45) is 2.93. The van der Waals surface area contributed by atoms with Crippen LogP contribution in [0, 0.1) is 12.7 Å². The van der Waals surface area contributed by atoms with E-state index in [1.807, 2.05) is 0 Å². The number of aromatic nitrogens is 1. The first-order valence-electron chi connectivity index (χ1n) is 5.83. The summed E-state index contributed by atoms with van der Waals surface area (Å²) in [4.78, 5) is 16.0. The van der Waals surface area contributed by atoms with Crippen molar-refractivity contribution in [3.63, 3.8) is 0 Å². The molecule has 0 unspecified atom stereocenters. The highest BCUT2D eigenvalue weighted by Crippen LogP contribution is 2.22. The van der Waals surface area contributed by atoms with Crippen LogP contribution in [0.3, 0.4) is 0 Å². The lowest BCUT2D eigenvalue weighted by Gasteiger charge is -2.10. The summed E-state index contributed by atoms with van der Waals surface area (Å²) in [7, 11) is 0. The fraction of sp³-hybridized carbons (Fsp3) is 0.143. The maximum Gasteiger partial charge on any atom is 0.257 e. The Kier molecular flexibility index (Phi) is 4.32. The quantitative estimate of drug-likeness (QED) is 0.915. The third kappa shape index (κ3) is 2.95. The fourth-order valence-electron chi connectivity index (χ4n) is 1.69. The summed E-state index contributed by atoms with van der Waals surface area (Å²) < 4.78 is 13.3. The van der Waals surface area contributed by atoms with Crippen LogP contribution in [0.15, 0.2) is 30.6 Å². The van der Waals surface area contributed by atoms with Gasteiger partial charge < -0.3 is 10.4 Å². The number of hydrogen-bond acceptors (Lipinski definition) is 3. The van der Waals surface area contributed by atoms with E-state index in [9.17, 15) is 14.3 Å². The lowest BCUT2D eigenvalue weighted by atomic mass is 10.1. The van der Waals surface area contributed by atoms with Crippen LogP contribution in [-0.2, 0) is 6.61 Å². The molecule has 4 nitrogen and oxygen atoms in total. The summed E-state index contributed by atoms with van der Waals surface area (Å²) in [5.41, 5.74) is 1.41. The first-order valence-corrected chi connectivity index (χ1v) is 6.21. The lowest BCUT2D eigenvalue weighted by Crippen LogP contribution is -2.14. The number of aryl methyl sites for hydroxylation is 1. The second kappa shape index (κ2) is 5.98. The van der Waals surface area contributed by atoms with E-state index in [2.05, 4.69) is 10.3 Å². The number of aliphatic hydroxyl groups is 1. The first-order chi connectivity index (χ1) is 9.52. The molecule has 0 aliphatic heterocycles. The lowest BCUT2D eigenvalue weighted by molar-refractivity contribution is 0.102. The molecule has 0 bridgehead atoms. The van der Waals surface area contributed by atoms with Gasteiger partial charge in [-0.3, -0.25) is 9.78 Å². The number of rotatable bonds is 3. The molecule has 2 rings (SSSR count). The molecule has 1 amide bonds. The van der Waals surface area contributed by atoms with E-state index in [0.29, 0.717) is 16.8 Å². The third-order valence-corrected chi connectivity index (χ3v) is 3.14. The maximum atomic E-state index is 13.3. The van der Waals surface area contributed by atoms with Gasteiger partial charge in [0.15, 0.2) is 0 Å². The SMILES string of the molecule is Cc1cc(C(=O)Nc2cnccc2CO)c(Cl)cc1F. The van der Waals surface area contributed by atoms with Crippen molar-refractivity contribution in [2.24, 2.45) is 0 Å². The van der Waals surface area contributed by atoms with Crippen LogP contribution in [0.1, 0.15) is 21.5 Å². The minimum absolute atomic E-state index is 0.0278. The number of pyridine rings is 1. The van der Waals surface area contributed by atoms with Gasteiger partial charge in [-0.05, 0) is 30.7 Å². The molecule has 0 aliphatic rings. The van der Waals surface area contributed by atoms with Crippen LogP contribution < -0.4 is 5.32 Å². The van der Waals surface area contributed by atoms with E-state index >= 15 is 0 Å². The topological polar surface area (TPSA) is 62.2 Å². The summed E-state index contributed by atoms with van der Waals surface area (Å²) in [5.74, 6) is -0.954. The van der Waals surface area contributed by atoms with Gasteiger partial charge >= 0.3 is 0 Å². The summed E-state index contributed by atoms with van der Waals surface area (Å²) >= 11 is 5.87. The number of hydrogen-bond donors (Lipinski definition) is 2. The Balaban J connectivity index is 2.31. The van der Waals surface area contributed by atoms with Gasteiger partial charge in [0.05, 0.1) is 29.1 Å². The number of nitrogens with one attached hydrogen (secondary N) is 1. The van der Waals surface area contributed by atoms with Gasteiger partial charge in [0.2, 0.25) is 0 Å². The monoisotopic (exact) mass is 294 g/mol. The molecule has 0 aliphatic carbocycles. The number of carbonyl (C=O) groups is 1. The smallest absolute Gasteiger partial charge is 0.257 e. The van der Waals surface area contributed by atoms with Crippen LogP contribution in [0.5, 0.6) is 0 Å². The van der Waals surface area contributed by atoms with Gasteiger partial charge in [0, 0.05) is 11.8 Å². The molecular weight excluding hydrogens is 283 g/mol. The van der Waals surface area contributed by atoms with Gasteiger partial charge in [-0.25, -0.2) is 4.39 Å². The van der Waals surface area contributed by atoms with Gasteiger partial charge in [0.1, 0.15) is 5.82 Å². The van der Waals surface area contributed by atoms with Gasteiger partial charge in [-0.2, -0.15) is 0 Å². The van der Waals surface area contributed by atoms with Crippen molar-refractivity contribution in [2.45, 2.75) is 13.5 Å². The molecule has 0 atom stereocenters. The molecular formula is C14H12ClFN2O2. The molecule has 1 aromatic heterocycles. The molecule has 2 N–H and O–H groups in total. The fourth-order valence-corrected chi connectivity index (χ4v) is 1.93. The first kappa shape index (κ1) is 14.4. The Morgan fingerprint density at radius 3 is 2.95 bits per heavy atom. The Hall–Kier alpha value is -1.98. The van der Waals surface area contributed by atoms with E-state index in [1.165, 1.54) is 18.5 Å². The molecule has 0 saturated carbocycles. The van der Waals surface area contributed by atoms with E-state index in [0.717, 1.165) is 6.07 Å². The number of carbonyl (C=O) groups excluding carboxylic acids is 1. The molecule has 1 heterocycles. The van der Waals surface area contributed by atoms with Crippen molar-refractivity contribution in [1.82, 2.24) is 4.98 Å². The molecule has 6 heteroatoms. The van der Waals surface area contributed by atoms with Crippen LogP contribution >= 0.6 is 11.6 Å². The summed E-state index contributed by atoms with van der Waals surface area (Å²) in [6, 6.07) is 4.07. The van der Waals surface area contributed by atoms with Crippen molar-refractivity contribution in [3.8, 4) is 0 Å². The van der Waals surface area contributed by atoms with Crippen LogP contribution in [0.2, 0.25) is 5.02 Å². The molecule has 2 aromatic rings. The van der Waals surface area contributed by atoms with Crippen LogP contribution in [0.25, 0.3) is 0 Å². The van der Waals surface area contributed by atoms with E-state index in [1.54, 1.807) is 13.0 Å². The molecule has 1 aromatic carbocycles. The van der Waals surface area contributed by atoms with E-state index in [-0.39, 0.29) is 17.2 Å². The number of benzene rings is 1. The standard InChI is InChI=1S/C14H12ClFN2O2/c1-8-4-10(11(15)5-12(8)16)14(20)18-13-6-17-3-2-9(13)7-19/h2-6,19H,7H2,1H3,(H,18,20). The average Bonchev–Trinajstić information content (AvgIpc) is 2.43. The predicted octanol–water partition coefficient (Wildman–Crippen LogP) is 2.93. The normalized spacial score (nSPS) is 10.4. The number of nitrogens with zero attached hydrogens (tertiary/aromatic N) is 1. The van der Waals surface area contributed by atoms with Crippen LogP contribution in [-0.4, -0.2) is 16.0 Å². The van der Waals surface area contributed by atoms with Gasteiger partial charge in [0.25, 0.3) is 5.91 Å². The Morgan fingerprint density at radius 2 is 2.25 bits per heavy atom. The molecule has 104 valence electrons. The largest absolute Gasteiger partial charge is 0.392 e. The molecule has 20 heavy (non-hydrogen) atoms. The van der Waals surface area contributed by atoms with Crippen molar-refractivity contribution < 1.29 is 14.3 Å². The molecule has 0 spiro atoms. The second-order valence-electron chi connectivity index (χ2n) is 4.23. The Morgan fingerprint density at radius 1 is 1.50 bits per heavy atom. The van der Waals surface area contributed by atoms with Crippen LogP contribution in [0.4, 0.5) is 10.1 Å². The number of halogens is 2. The minimum Gasteiger partial charge on any atom is -0.392 e. The number of aliphatic hydroxyl groups excluding tert-OH is 1. The van der Waals surface area contributed by atoms with Crippen molar-refractivity contribution >= 4 is 23.2 Å². The maximum absolute atomic E-state index is 13.3. The Labute approximate surface area is 120 Å². The van der Waals surface area contributed by atoms with Crippen molar-refractivity contribution in [3.05, 3.63) is 58.1 Å². The second-order valence-corrected chi connectivity index (χ2v) is 4.63. The average molecular weight is 295 g/mol. The van der Waals surface area contributed by atoms with Crippen molar-refractivity contribution in [1.29, 1.82) is 0 Å². The zero-order chi connectivity index (χ0) is 14.7. The van der Waals surface area contributed by atoms with Gasteiger partial charge in [-0.15, -0.1) is 0 Å². The summed E-state index contributed by atoms with van der Waals surface area (Å²) in [5, 5.41) is 11.8. The van der Waals surface area contributed by atoms with Gasteiger partial charge in [-0.1, -0.05) is 11.6 Å². The minimum atomic E-state index is -0.485. The highest BCUT2D eigenvalue weighted by molar-refractivity contribution is 6.34. The highest BCUT2D eigenvalue weighted by Gasteiger charge is 2.14. The highest BCUT2D eigenvalue weighted by atomic mass is 35.5. The van der Waals surface area contributed by atoms with Crippen molar-refractivity contribution in [2.75, 3.05) is 5.32 Å². The predicted molar refractivity (Wildman–Crippen MR) is 74.3 cm³/mol. The molecule has 0 saturated heterocycles.